The molecule has 0 amide bonds. The second kappa shape index (κ2) is 13.3. The average molecular weight is 604 g/mol. The van der Waals surface area contributed by atoms with Gasteiger partial charge in [-0.05, 0) is 43.3 Å². The van der Waals surface area contributed by atoms with Crippen LogP contribution in [0.1, 0.15) is 16.7 Å². The second-order valence-corrected chi connectivity index (χ2v) is 11.1. The normalized spacial score (nSPS) is 17.0. The predicted octanol–water partition coefficient (Wildman–Crippen LogP) is 5.55. The first-order valence-electron chi connectivity index (χ1n) is 13.5. The molecule has 2 aliphatic heterocycles. The summed E-state index contributed by atoms with van der Waals surface area (Å²) in [6, 6.07) is 7.49. The van der Waals surface area contributed by atoms with Crippen LogP contribution in [0.15, 0.2) is 40.7 Å². The summed E-state index contributed by atoms with van der Waals surface area (Å²) in [6.45, 7) is 9.08. The molecule has 218 valence electrons. The van der Waals surface area contributed by atoms with Crippen molar-refractivity contribution in [3.63, 3.8) is 0 Å². The van der Waals surface area contributed by atoms with Gasteiger partial charge in [-0.15, -0.1) is 5.11 Å². The third-order valence-electron chi connectivity index (χ3n) is 7.19. The Morgan fingerprint density at radius 3 is 2.54 bits per heavy atom. The van der Waals surface area contributed by atoms with Crippen molar-refractivity contribution in [2.24, 2.45) is 10.2 Å². The largest absolute Gasteiger partial charge is 0.506 e. The van der Waals surface area contributed by atoms with Crippen molar-refractivity contribution < 1.29 is 14.2 Å². The summed E-state index contributed by atoms with van der Waals surface area (Å²) in [5.74, 6) is -0.450. The molecule has 2 N–H and O–H groups in total. The number of azo groups is 1. The molecule has 0 radical (unpaired) electrons. The third kappa shape index (κ3) is 7.41. The number of nitrogens with one attached hydrogen (secondary N) is 1. The lowest BCUT2D eigenvalue weighted by molar-refractivity contribution is 0.122. The van der Waals surface area contributed by atoms with Gasteiger partial charge in [-0.2, -0.15) is 10.1 Å². The summed E-state index contributed by atoms with van der Waals surface area (Å²) in [6.07, 6.45) is 1.08. The number of aryl methyl sites for hydroxylation is 1. The molecule has 2 saturated heterocycles. The molecule has 3 aromatic rings. The second-order valence-electron chi connectivity index (χ2n) is 10.3. The van der Waals surface area contributed by atoms with Gasteiger partial charge in [0.15, 0.2) is 11.6 Å². The Labute approximate surface area is 248 Å². The van der Waals surface area contributed by atoms with Crippen molar-refractivity contribution in [2.75, 3.05) is 69.7 Å². The quantitative estimate of drug-likeness (QED) is 0.256. The minimum absolute atomic E-state index is 0.00533. The van der Waals surface area contributed by atoms with E-state index in [1.54, 1.807) is 17.0 Å². The molecule has 1 aromatic heterocycles. The molecule has 41 heavy (non-hydrogen) atoms. The minimum Gasteiger partial charge on any atom is -0.506 e. The molecule has 13 heteroatoms. The van der Waals surface area contributed by atoms with Crippen molar-refractivity contribution in [3.8, 4) is 5.75 Å². The first-order chi connectivity index (χ1) is 19.8. The number of aromatic nitrogens is 2. The van der Waals surface area contributed by atoms with Gasteiger partial charge in [0.05, 0.1) is 41.7 Å². The van der Waals surface area contributed by atoms with Gasteiger partial charge < -0.3 is 25.0 Å². The molecular weight excluding hydrogens is 570 g/mol. The molecule has 5 rings (SSSR count). The van der Waals surface area contributed by atoms with E-state index in [0.29, 0.717) is 42.6 Å². The fraction of sp³-hybridized carbons (Fsp3) is 0.429. The smallest absolute Gasteiger partial charge is 0.270 e. The monoisotopic (exact) mass is 602 g/mol. The molecule has 10 nitrogen and oxygen atoms in total. The Bertz CT molecular complexity index is 1390. The minimum atomic E-state index is -0.532. The molecule has 0 spiro atoms. The molecule has 2 fully saturated rings. The number of piperazine rings is 1. The van der Waals surface area contributed by atoms with Crippen LogP contribution in [0, 0.1) is 12.7 Å². The standard InChI is InChI=1S/C28H33Cl2FN8O2/c1-18-11-19(17-38-5-3-37(2)4-6-38)12-22(29)25(18)34-21-13-20(26(40)23(30)14-21)15-33-36-28-32-16-24(31)27(35-28)39-7-9-41-10-8-39/h11-14,16,34,40H,3-10,15,17H2,1-2H3. The molecule has 2 aliphatic rings. The molecule has 0 atom stereocenters. The van der Waals surface area contributed by atoms with Gasteiger partial charge in [0.1, 0.15) is 5.75 Å². The number of phenols is 1. The predicted molar refractivity (Wildman–Crippen MR) is 159 cm³/mol. The van der Waals surface area contributed by atoms with Crippen LogP contribution in [0.25, 0.3) is 0 Å². The van der Waals surface area contributed by atoms with Crippen LogP contribution >= 0.6 is 23.2 Å². The topological polar surface area (TPSA) is 102 Å². The van der Waals surface area contributed by atoms with Crippen LogP contribution < -0.4 is 10.2 Å². The van der Waals surface area contributed by atoms with Gasteiger partial charge in [-0.1, -0.05) is 29.3 Å². The highest BCUT2D eigenvalue weighted by Crippen LogP contribution is 2.36. The number of hydrogen-bond acceptors (Lipinski definition) is 10. The summed E-state index contributed by atoms with van der Waals surface area (Å²) in [5, 5.41) is 22.8. The Balaban J connectivity index is 1.28. The van der Waals surface area contributed by atoms with E-state index in [0.717, 1.165) is 55.7 Å². The first-order valence-corrected chi connectivity index (χ1v) is 14.2. The van der Waals surface area contributed by atoms with Crippen LogP contribution in [0.5, 0.6) is 5.75 Å². The van der Waals surface area contributed by atoms with E-state index >= 15 is 0 Å². The van der Waals surface area contributed by atoms with Gasteiger partial charge in [0, 0.05) is 57.1 Å². The van der Waals surface area contributed by atoms with Gasteiger partial charge >= 0.3 is 0 Å². The van der Waals surface area contributed by atoms with Gasteiger partial charge in [0.2, 0.25) is 0 Å². The van der Waals surface area contributed by atoms with Crippen molar-refractivity contribution in [1.82, 2.24) is 19.8 Å². The Kier molecular flexibility index (Phi) is 9.51. The highest BCUT2D eigenvalue weighted by molar-refractivity contribution is 6.34. The number of phenolic OH excluding ortho intramolecular Hbond substituents is 1. The zero-order valence-corrected chi connectivity index (χ0v) is 24.6. The third-order valence-corrected chi connectivity index (χ3v) is 7.77. The highest BCUT2D eigenvalue weighted by Gasteiger charge is 2.19. The number of anilines is 3. The van der Waals surface area contributed by atoms with Crippen LogP contribution in [0.3, 0.4) is 0 Å². The summed E-state index contributed by atoms with van der Waals surface area (Å²) in [4.78, 5) is 14.7. The number of halogens is 3. The number of nitrogens with zero attached hydrogens (tertiary/aromatic N) is 7. The van der Waals surface area contributed by atoms with Crippen molar-refractivity contribution in [1.29, 1.82) is 0 Å². The van der Waals surface area contributed by atoms with E-state index in [9.17, 15) is 9.50 Å². The maximum Gasteiger partial charge on any atom is 0.270 e. The fourth-order valence-electron chi connectivity index (χ4n) is 4.89. The van der Waals surface area contributed by atoms with Crippen LogP contribution in [-0.4, -0.2) is 84.4 Å². The Morgan fingerprint density at radius 2 is 1.80 bits per heavy atom. The number of likely N-dealkylation sites (N-methyl/N-ethyl adjacent to an activating group) is 1. The Hall–Kier alpha value is -3.09. The summed E-state index contributed by atoms with van der Waals surface area (Å²) in [5.41, 5.74) is 4.00. The van der Waals surface area contributed by atoms with E-state index in [1.165, 1.54) is 0 Å². The molecule has 0 unspecified atom stereocenters. The van der Waals surface area contributed by atoms with Crippen LogP contribution in [-0.2, 0) is 17.8 Å². The summed E-state index contributed by atoms with van der Waals surface area (Å²) >= 11 is 13.1. The van der Waals surface area contributed by atoms with Gasteiger partial charge in [-0.3, -0.25) is 4.90 Å². The van der Waals surface area contributed by atoms with Crippen LogP contribution in [0.2, 0.25) is 10.0 Å². The SMILES string of the molecule is Cc1cc(CN2CCN(C)CC2)cc(Cl)c1Nc1cc(Cl)c(O)c(CN=Nc2ncc(F)c(N3CCOCC3)n2)c1. The maximum atomic E-state index is 14.3. The lowest BCUT2D eigenvalue weighted by Gasteiger charge is -2.32. The zero-order chi connectivity index (χ0) is 28.9. The van der Waals surface area contributed by atoms with Crippen molar-refractivity contribution in [2.45, 2.75) is 20.0 Å². The number of rotatable bonds is 8. The lowest BCUT2D eigenvalue weighted by atomic mass is 10.1. The van der Waals surface area contributed by atoms with E-state index in [-0.39, 0.29) is 29.1 Å². The maximum absolute atomic E-state index is 14.3. The van der Waals surface area contributed by atoms with E-state index < -0.39 is 5.82 Å². The molecular formula is C28H33Cl2FN8O2. The van der Waals surface area contributed by atoms with Crippen molar-refractivity contribution in [3.05, 3.63) is 63.0 Å². The van der Waals surface area contributed by atoms with E-state index in [4.69, 9.17) is 27.9 Å². The fourth-order valence-corrected chi connectivity index (χ4v) is 5.47. The van der Waals surface area contributed by atoms with Crippen LogP contribution in [0.4, 0.5) is 27.5 Å². The summed E-state index contributed by atoms with van der Waals surface area (Å²) < 4.78 is 19.6. The number of ether oxygens (including phenoxy) is 1. The molecule has 0 aliphatic carbocycles. The first kappa shape index (κ1) is 29.4. The molecule has 3 heterocycles. The number of hydrogen-bond donors (Lipinski definition) is 2. The Morgan fingerprint density at radius 1 is 1.05 bits per heavy atom. The van der Waals surface area contributed by atoms with Gasteiger partial charge in [-0.25, -0.2) is 9.37 Å². The zero-order valence-electron chi connectivity index (χ0n) is 23.1. The van der Waals surface area contributed by atoms with E-state index in [1.807, 2.05) is 13.0 Å². The molecule has 2 aromatic carbocycles. The van der Waals surface area contributed by atoms with Gasteiger partial charge in [0.25, 0.3) is 5.95 Å². The average Bonchev–Trinajstić information content (AvgIpc) is 2.96. The highest BCUT2D eigenvalue weighted by atomic mass is 35.5. The summed E-state index contributed by atoms with van der Waals surface area (Å²) in [7, 11) is 2.14. The molecule has 0 saturated carbocycles. The number of benzene rings is 2. The van der Waals surface area contributed by atoms with E-state index in [2.05, 4.69) is 48.4 Å². The lowest BCUT2D eigenvalue weighted by Crippen LogP contribution is -2.43. The number of morpholine rings is 1. The number of aromatic hydroxyl groups is 1. The molecule has 0 bridgehead atoms. The van der Waals surface area contributed by atoms with Crippen molar-refractivity contribution >= 4 is 46.3 Å².